The van der Waals surface area contributed by atoms with Gasteiger partial charge in [0.1, 0.15) is 0 Å². The average Bonchev–Trinajstić information content (AvgIpc) is 2.93. The maximum absolute atomic E-state index is 6.20. The van der Waals surface area contributed by atoms with Crippen molar-refractivity contribution < 1.29 is 0 Å². The van der Waals surface area contributed by atoms with Gasteiger partial charge >= 0.3 is 0 Å². The summed E-state index contributed by atoms with van der Waals surface area (Å²) in [6.07, 6.45) is 7.35. The third-order valence-electron chi connectivity index (χ3n) is 3.44. The minimum atomic E-state index is 0.565. The number of hydrogen-bond acceptors (Lipinski definition) is 4. The van der Waals surface area contributed by atoms with Crippen molar-refractivity contribution in [3.8, 4) is 0 Å². The zero-order valence-corrected chi connectivity index (χ0v) is 12.5. The predicted molar refractivity (Wildman–Crippen MR) is 80.6 cm³/mol. The van der Waals surface area contributed by atoms with Crippen LogP contribution in [0.4, 0.5) is 5.69 Å². The maximum atomic E-state index is 6.20. The molecule has 0 amide bonds. The minimum Gasteiger partial charge on any atom is -0.369 e. The molecule has 19 heavy (non-hydrogen) atoms. The van der Waals surface area contributed by atoms with Crippen LogP contribution in [0.1, 0.15) is 23.8 Å². The maximum Gasteiger partial charge on any atom is 0.0957 e. The van der Waals surface area contributed by atoms with E-state index >= 15 is 0 Å². The van der Waals surface area contributed by atoms with Gasteiger partial charge in [-0.25, -0.2) is 4.98 Å². The van der Waals surface area contributed by atoms with Crippen LogP contribution in [-0.2, 0) is 0 Å². The Labute approximate surface area is 126 Å². The van der Waals surface area contributed by atoms with Crippen molar-refractivity contribution in [3.63, 3.8) is 0 Å². The summed E-state index contributed by atoms with van der Waals surface area (Å²) >= 11 is 14.1. The Kier molecular flexibility index (Phi) is 3.91. The lowest BCUT2D eigenvalue weighted by Crippen LogP contribution is -2.33. The number of rotatable bonds is 2. The molecule has 0 unspecified atom stereocenters. The third kappa shape index (κ3) is 2.71. The van der Waals surface area contributed by atoms with Gasteiger partial charge in [-0.05, 0) is 12.8 Å². The monoisotopic (exact) mass is 313 g/mol. The van der Waals surface area contributed by atoms with E-state index in [9.17, 15) is 0 Å². The van der Waals surface area contributed by atoms with Crippen LogP contribution in [0.2, 0.25) is 10.0 Å². The van der Waals surface area contributed by atoms with Gasteiger partial charge in [-0.1, -0.05) is 23.2 Å². The second-order valence-electron chi connectivity index (χ2n) is 4.58. The van der Waals surface area contributed by atoms with Gasteiger partial charge in [0.2, 0.25) is 0 Å². The van der Waals surface area contributed by atoms with Crippen LogP contribution in [0.5, 0.6) is 0 Å². The number of hydrogen-bond donors (Lipinski definition) is 0. The molecule has 3 heterocycles. The number of thiazole rings is 1. The van der Waals surface area contributed by atoms with E-state index in [1.165, 1.54) is 5.01 Å². The second-order valence-corrected chi connectivity index (χ2v) is 6.32. The topological polar surface area (TPSA) is 29.0 Å². The molecule has 2 aromatic rings. The molecule has 2 aromatic heterocycles. The van der Waals surface area contributed by atoms with Crippen LogP contribution in [0.15, 0.2) is 24.0 Å². The number of anilines is 1. The van der Waals surface area contributed by atoms with E-state index in [1.54, 1.807) is 23.7 Å². The number of nitrogens with zero attached hydrogens (tertiary/aromatic N) is 3. The molecule has 3 rings (SSSR count). The van der Waals surface area contributed by atoms with E-state index in [-0.39, 0.29) is 0 Å². The Morgan fingerprint density at radius 1 is 1.16 bits per heavy atom. The molecule has 0 bridgehead atoms. The van der Waals surface area contributed by atoms with Gasteiger partial charge < -0.3 is 4.90 Å². The molecule has 3 nitrogen and oxygen atoms in total. The van der Waals surface area contributed by atoms with Crippen LogP contribution < -0.4 is 4.90 Å². The number of pyridine rings is 1. The first kappa shape index (κ1) is 13.2. The summed E-state index contributed by atoms with van der Waals surface area (Å²) in [7, 11) is 0. The SMILES string of the molecule is Clc1cncc(Cl)c1N1CCC(c2nccs2)CC1. The fourth-order valence-corrected chi connectivity index (χ4v) is 3.91. The Balaban J connectivity index is 1.74. The smallest absolute Gasteiger partial charge is 0.0957 e. The normalized spacial score (nSPS) is 16.8. The van der Waals surface area contributed by atoms with Crippen LogP contribution in [0.3, 0.4) is 0 Å². The molecule has 1 aliphatic heterocycles. The zero-order chi connectivity index (χ0) is 13.2. The summed E-state index contributed by atoms with van der Waals surface area (Å²) in [5.41, 5.74) is 0.913. The van der Waals surface area contributed by atoms with Crippen LogP contribution >= 0.6 is 34.5 Å². The highest BCUT2D eigenvalue weighted by Gasteiger charge is 2.24. The molecular formula is C13H13Cl2N3S. The molecule has 1 fully saturated rings. The van der Waals surface area contributed by atoms with Crippen molar-refractivity contribution in [2.45, 2.75) is 18.8 Å². The van der Waals surface area contributed by atoms with Crippen molar-refractivity contribution in [1.82, 2.24) is 9.97 Å². The van der Waals surface area contributed by atoms with Gasteiger partial charge in [-0.3, -0.25) is 4.98 Å². The Morgan fingerprint density at radius 2 is 1.84 bits per heavy atom. The predicted octanol–water partition coefficient (Wildman–Crippen LogP) is 4.23. The average molecular weight is 314 g/mol. The highest BCUT2D eigenvalue weighted by Crippen LogP contribution is 2.37. The molecule has 0 aromatic carbocycles. The van der Waals surface area contributed by atoms with Crippen molar-refractivity contribution in [1.29, 1.82) is 0 Å². The summed E-state index contributed by atoms with van der Waals surface area (Å²) < 4.78 is 0. The van der Waals surface area contributed by atoms with E-state index < -0.39 is 0 Å². The lowest BCUT2D eigenvalue weighted by molar-refractivity contribution is 0.504. The molecule has 0 atom stereocenters. The second kappa shape index (κ2) is 5.65. The van der Waals surface area contributed by atoms with Crippen molar-refractivity contribution >= 4 is 40.2 Å². The number of aromatic nitrogens is 2. The summed E-state index contributed by atoms with van der Waals surface area (Å²) in [5, 5.41) is 4.53. The van der Waals surface area contributed by atoms with Gasteiger partial charge in [0.25, 0.3) is 0 Å². The largest absolute Gasteiger partial charge is 0.369 e. The van der Waals surface area contributed by atoms with Crippen LogP contribution in [0, 0.1) is 0 Å². The van der Waals surface area contributed by atoms with E-state index in [4.69, 9.17) is 23.2 Å². The lowest BCUT2D eigenvalue weighted by Gasteiger charge is -2.33. The minimum absolute atomic E-state index is 0.565. The first-order chi connectivity index (χ1) is 9.25. The van der Waals surface area contributed by atoms with Gasteiger partial charge in [0.05, 0.1) is 20.7 Å². The molecule has 100 valence electrons. The Bertz CT molecular complexity index is 531. The highest BCUT2D eigenvalue weighted by molar-refractivity contribution is 7.09. The molecule has 1 aliphatic rings. The molecule has 0 N–H and O–H groups in total. The van der Waals surface area contributed by atoms with Gasteiger partial charge in [-0.2, -0.15) is 0 Å². The van der Waals surface area contributed by atoms with E-state index in [0.717, 1.165) is 31.6 Å². The molecule has 6 heteroatoms. The summed E-state index contributed by atoms with van der Waals surface area (Å²) in [6.45, 7) is 1.90. The molecular weight excluding hydrogens is 301 g/mol. The van der Waals surface area contributed by atoms with Gasteiger partial charge in [0, 0.05) is 43.0 Å². The molecule has 0 spiro atoms. The lowest BCUT2D eigenvalue weighted by atomic mass is 9.97. The first-order valence-corrected chi connectivity index (χ1v) is 7.82. The fourth-order valence-electron chi connectivity index (χ4n) is 2.49. The molecule has 0 aliphatic carbocycles. The van der Waals surface area contributed by atoms with Gasteiger partial charge in [0.15, 0.2) is 0 Å². The summed E-state index contributed by atoms with van der Waals surface area (Å²) in [4.78, 5) is 10.7. The molecule has 0 radical (unpaired) electrons. The van der Waals surface area contributed by atoms with Crippen LogP contribution in [-0.4, -0.2) is 23.1 Å². The van der Waals surface area contributed by atoms with Gasteiger partial charge in [-0.15, -0.1) is 11.3 Å². The van der Waals surface area contributed by atoms with Crippen LogP contribution in [0.25, 0.3) is 0 Å². The molecule has 0 saturated carbocycles. The van der Waals surface area contributed by atoms with E-state index in [1.807, 2.05) is 11.6 Å². The number of halogens is 2. The Morgan fingerprint density at radius 3 is 2.42 bits per heavy atom. The Hall–Kier alpha value is -0.840. The summed E-state index contributed by atoms with van der Waals surface area (Å²) in [6, 6.07) is 0. The number of piperidine rings is 1. The van der Waals surface area contributed by atoms with E-state index in [2.05, 4.69) is 14.9 Å². The van der Waals surface area contributed by atoms with Crippen molar-refractivity contribution in [3.05, 3.63) is 39.0 Å². The first-order valence-electron chi connectivity index (χ1n) is 6.19. The summed E-state index contributed by atoms with van der Waals surface area (Å²) in [5.74, 6) is 0.565. The third-order valence-corrected chi connectivity index (χ3v) is 4.93. The zero-order valence-electron chi connectivity index (χ0n) is 10.2. The quantitative estimate of drug-likeness (QED) is 0.830. The van der Waals surface area contributed by atoms with E-state index in [0.29, 0.717) is 16.0 Å². The van der Waals surface area contributed by atoms with Crippen molar-refractivity contribution in [2.24, 2.45) is 0 Å². The fraction of sp³-hybridized carbons (Fsp3) is 0.385. The highest BCUT2D eigenvalue weighted by atomic mass is 35.5. The van der Waals surface area contributed by atoms with Crippen molar-refractivity contribution in [2.75, 3.05) is 18.0 Å². The molecule has 1 saturated heterocycles. The standard InChI is InChI=1S/C13H13Cl2N3S/c14-10-7-16-8-11(15)12(10)18-4-1-9(2-5-18)13-17-3-6-19-13/h3,6-9H,1-2,4-5H2.